The van der Waals surface area contributed by atoms with Crippen molar-refractivity contribution in [3.05, 3.63) is 63.2 Å². The molecule has 2 aromatic heterocycles. The number of para-hydroxylation sites is 1. The number of H-pyrrole nitrogens is 1. The monoisotopic (exact) mass is 310 g/mol. The SMILES string of the molecule is Cc1nn(C)c(C)c1C(=O)NCc1cc(=O)[nH]c2ccccc12. The molecule has 0 fully saturated rings. The summed E-state index contributed by atoms with van der Waals surface area (Å²) in [5, 5.41) is 8.06. The third-order valence-corrected chi connectivity index (χ3v) is 4.01. The molecule has 1 amide bonds. The zero-order valence-corrected chi connectivity index (χ0v) is 13.3. The minimum atomic E-state index is -0.183. The fourth-order valence-corrected chi connectivity index (χ4v) is 2.79. The average molecular weight is 310 g/mol. The number of rotatable bonds is 3. The van der Waals surface area contributed by atoms with Gasteiger partial charge in [0.25, 0.3) is 5.91 Å². The number of nitrogens with zero attached hydrogens (tertiary/aromatic N) is 2. The van der Waals surface area contributed by atoms with Gasteiger partial charge in [0.05, 0.1) is 11.3 Å². The van der Waals surface area contributed by atoms with E-state index in [9.17, 15) is 9.59 Å². The van der Waals surface area contributed by atoms with Crippen molar-refractivity contribution in [3.8, 4) is 0 Å². The van der Waals surface area contributed by atoms with Gasteiger partial charge in [-0.25, -0.2) is 0 Å². The van der Waals surface area contributed by atoms with Crippen LogP contribution in [0.2, 0.25) is 0 Å². The Morgan fingerprint density at radius 2 is 2.04 bits per heavy atom. The highest BCUT2D eigenvalue weighted by atomic mass is 16.1. The van der Waals surface area contributed by atoms with Crippen molar-refractivity contribution in [1.29, 1.82) is 0 Å². The lowest BCUT2D eigenvalue weighted by molar-refractivity contribution is 0.0949. The lowest BCUT2D eigenvalue weighted by atomic mass is 10.1. The Balaban J connectivity index is 1.89. The highest BCUT2D eigenvalue weighted by Gasteiger charge is 2.17. The lowest BCUT2D eigenvalue weighted by Crippen LogP contribution is -2.25. The maximum atomic E-state index is 12.4. The minimum absolute atomic E-state index is 0.179. The van der Waals surface area contributed by atoms with Crippen LogP contribution in [0.4, 0.5) is 0 Å². The predicted octanol–water partition coefficient (Wildman–Crippen LogP) is 1.81. The first kappa shape index (κ1) is 15.0. The second-order valence-corrected chi connectivity index (χ2v) is 5.56. The Kier molecular flexibility index (Phi) is 3.73. The fraction of sp³-hybridized carbons (Fsp3) is 0.235. The molecule has 118 valence electrons. The van der Waals surface area contributed by atoms with Crippen molar-refractivity contribution in [2.24, 2.45) is 7.05 Å². The van der Waals surface area contributed by atoms with Gasteiger partial charge in [-0.15, -0.1) is 0 Å². The molecule has 0 saturated carbocycles. The number of nitrogens with one attached hydrogen (secondary N) is 2. The number of fused-ring (bicyclic) bond motifs is 1. The first-order chi connectivity index (χ1) is 11.0. The maximum Gasteiger partial charge on any atom is 0.255 e. The summed E-state index contributed by atoms with van der Waals surface area (Å²) in [5.74, 6) is -0.183. The summed E-state index contributed by atoms with van der Waals surface area (Å²) in [6.45, 7) is 3.96. The number of pyridine rings is 1. The highest BCUT2D eigenvalue weighted by Crippen LogP contribution is 2.15. The molecule has 0 radical (unpaired) electrons. The molecule has 0 bridgehead atoms. The van der Waals surface area contributed by atoms with E-state index in [4.69, 9.17) is 0 Å². The van der Waals surface area contributed by atoms with Gasteiger partial charge in [-0.1, -0.05) is 18.2 Å². The van der Waals surface area contributed by atoms with Gasteiger partial charge in [-0.3, -0.25) is 14.3 Å². The van der Waals surface area contributed by atoms with Crippen molar-refractivity contribution in [1.82, 2.24) is 20.1 Å². The van der Waals surface area contributed by atoms with Crippen LogP contribution in [0.5, 0.6) is 0 Å². The molecule has 0 unspecified atom stereocenters. The topological polar surface area (TPSA) is 79.8 Å². The minimum Gasteiger partial charge on any atom is -0.348 e. The average Bonchev–Trinajstić information content (AvgIpc) is 2.77. The molecule has 0 aliphatic heterocycles. The van der Waals surface area contributed by atoms with Crippen LogP contribution in [0.3, 0.4) is 0 Å². The van der Waals surface area contributed by atoms with Crippen LogP contribution in [0.1, 0.15) is 27.3 Å². The van der Waals surface area contributed by atoms with Crippen LogP contribution in [-0.2, 0) is 13.6 Å². The summed E-state index contributed by atoms with van der Waals surface area (Å²) >= 11 is 0. The molecular formula is C17H18N4O2. The zero-order valence-electron chi connectivity index (χ0n) is 13.3. The zero-order chi connectivity index (χ0) is 16.6. The molecule has 1 aromatic carbocycles. The maximum absolute atomic E-state index is 12.4. The number of aromatic nitrogens is 3. The molecule has 0 aliphatic rings. The van der Waals surface area contributed by atoms with Crippen LogP contribution in [0.15, 0.2) is 35.1 Å². The quantitative estimate of drug-likeness (QED) is 0.774. The van der Waals surface area contributed by atoms with Gasteiger partial charge in [0, 0.05) is 36.3 Å². The molecule has 3 rings (SSSR count). The first-order valence-corrected chi connectivity index (χ1v) is 7.36. The van der Waals surface area contributed by atoms with Crippen LogP contribution >= 0.6 is 0 Å². The summed E-state index contributed by atoms with van der Waals surface area (Å²) < 4.78 is 1.69. The smallest absolute Gasteiger partial charge is 0.255 e. The Morgan fingerprint density at radius 1 is 1.30 bits per heavy atom. The van der Waals surface area contributed by atoms with E-state index < -0.39 is 0 Å². The second kappa shape index (κ2) is 5.72. The van der Waals surface area contributed by atoms with Gasteiger partial charge in [-0.2, -0.15) is 5.10 Å². The van der Waals surface area contributed by atoms with Crippen LogP contribution in [-0.4, -0.2) is 20.7 Å². The first-order valence-electron chi connectivity index (χ1n) is 7.36. The van der Waals surface area contributed by atoms with E-state index >= 15 is 0 Å². The molecule has 6 heteroatoms. The lowest BCUT2D eigenvalue weighted by Gasteiger charge is -2.08. The molecule has 2 heterocycles. The number of benzene rings is 1. The molecule has 0 aliphatic carbocycles. The summed E-state index contributed by atoms with van der Waals surface area (Å²) in [7, 11) is 1.81. The van der Waals surface area contributed by atoms with E-state index in [2.05, 4.69) is 15.4 Å². The van der Waals surface area contributed by atoms with Crippen molar-refractivity contribution >= 4 is 16.8 Å². The number of carbonyl (C=O) groups is 1. The summed E-state index contributed by atoms with van der Waals surface area (Å²) in [6.07, 6.45) is 0. The van der Waals surface area contributed by atoms with Crippen LogP contribution in [0.25, 0.3) is 10.9 Å². The molecule has 0 spiro atoms. The highest BCUT2D eigenvalue weighted by molar-refractivity contribution is 5.96. The van der Waals surface area contributed by atoms with E-state index in [1.165, 1.54) is 6.07 Å². The van der Waals surface area contributed by atoms with Gasteiger partial charge in [0.2, 0.25) is 5.56 Å². The normalized spacial score (nSPS) is 10.9. The van der Waals surface area contributed by atoms with Crippen LogP contribution in [0, 0.1) is 13.8 Å². The second-order valence-electron chi connectivity index (χ2n) is 5.56. The fourth-order valence-electron chi connectivity index (χ4n) is 2.79. The van der Waals surface area contributed by atoms with Gasteiger partial charge >= 0.3 is 0 Å². The van der Waals surface area contributed by atoms with E-state index in [1.807, 2.05) is 45.2 Å². The number of hydrogen-bond acceptors (Lipinski definition) is 3. The van der Waals surface area contributed by atoms with Crippen molar-refractivity contribution in [3.63, 3.8) is 0 Å². The molecule has 0 atom stereocenters. The number of aromatic amines is 1. The molecule has 2 N–H and O–H groups in total. The summed E-state index contributed by atoms with van der Waals surface area (Å²) in [5.41, 5.74) is 3.47. The van der Waals surface area contributed by atoms with E-state index in [1.54, 1.807) is 4.68 Å². The third-order valence-electron chi connectivity index (χ3n) is 4.01. The molecular weight excluding hydrogens is 292 g/mol. The van der Waals surface area contributed by atoms with Gasteiger partial charge in [0.15, 0.2) is 0 Å². The van der Waals surface area contributed by atoms with Gasteiger partial charge < -0.3 is 10.3 Å². The molecule has 0 saturated heterocycles. The number of amides is 1. The molecule has 6 nitrogen and oxygen atoms in total. The predicted molar refractivity (Wildman–Crippen MR) is 88.4 cm³/mol. The Bertz CT molecular complexity index is 953. The summed E-state index contributed by atoms with van der Waals surface area (Å²) in [6, 6.07) is 9.06. The van der Waals surface area contributed by atoms with E-state index in [0.29, 0.717) is 11.3 Å². The van der Waals surface area contributed by atoms with Gasteiger partial charge in [-0.05, 0) is 25.5 Å². The number of hydrogen-bond donors (Lipinski definition) is 2. The third kappa shape index (κ3) is 2.75. The molecule has 23 heavy (non-hydrogen) atoms. The van der Waals surface area contributed by atoms with Crippen molar-refractivity contribution in [2.45, 2.75) is 20.4 Å². The Labute approximate surface area is 133 Å². The largest absolute Gasteiger partial charge is 0.348 e. The standard InChI is InChI=1S/C17H18N4O2/c1-10-16(11(2)21(3)20-10)17(23)18-9-12-8-15(22)19-14-7-5-4-6-13(12)14/h4-8H,9H2,1-3H3,(H,18,23)(H,19,22). The van der Waals surface area contributed by atoms with Crippen LogP contribution < -0.4 is 10.9 Å². The number of aryl methyl sites for hydroxylation is 2. The van der Waals surface area contributed by atoms with Crippen molar-refractivity contribution < 1.29 is 4.79 Å². The van der Waals surface area contributed by atoms with E-state index in [0.717, 1.165) is 22.2 Å². The Hall–Kier alpha value is -2.89. The van der Waals surface area contributed by atoms with E-state index in [-0.39, 0.29) is 18.0 Å². The van der Waals surface area contributed by atoms with Gasteiger partial charge in [0.1, 0.15) is 0 Å². The summed E-state index contributed by atoms with van der Waals surface area (Å²) in [4.78, 5) is 27.0. The Morgan fingerprint density at radius 3 is 2.74 bits per heavy atom. The van der Waals surface area contributed by atoms with Crippen molar-refractivity contribution in [2.75, 3.05) is 0 Å². The number of carbonyl (C=O) groups excluding carboxylic acids is 1. The molecule has 3 aromatic rings.